The number of rotatable bonds is 14. The Kier molecular flexibility index (Phi) is 23.0. The molecule has 4 aliphatic heterocycles. The zero-order chi connectivity index (χ0) is 90.3. The summed E-state index contributed by atoms with van der Waals surface area (Å²) in [5.74, 6) is -5.29. The minimum Gasteiger partial charge on any atom is -0.508 e. The Morgan fingerprint density at radius 1 is 0.397 bits per heavy atom. The van der Waals surface area contributed by atoms with E-state index in [9.17, 15) is 21.2 Å². The van der Waals surface area contributed by atoms with Crippen LogP contribution in [0.3, 0.4) is 0 Å². The minimum atomic E-state index is -1.53. The number of carbonyl (C=O) groups is 2. The summed E-state index contributed by atoms with van der Waals surface area (Å²) >= 11 is 0. The SMILES string of the molecule is C/C=C/c1cc(F)c([C@@H]2C3=C(C[C@@H](C)N2C24CC(C2)C4)c2ccccc2C3)c(F)c1.C[C@@H]1CC2=C(Cc3ccc(O)cc32)[C@@H](c2c(F)cc(/C=C/C(=O)O)cc2F)N1CC(C)(C)C.C[C@H]1CC2=C(Cc3ccc(O)cc32)[C@H](c2c(F)cc(/C=C/C(=O)O)cc2F)N1CC(C)(C)C.[2H][C@@]1(c2c(F)cc(/C=C/C)cc2F)C2=C(C[C@@H](C)N1C13CC(C1)C3)c1ccccc1C2. The molecule has 0 spiro atoms. The molecule has 8 atom stereocenters. The Bertz CT molecular complexity index is 5790. The first-order valence-electron chi connectivity index (χ1n) is 45.1. The van der Waals surface area contributed by atoms with Gasteiger partial charge >= 0.3 is 11.9 Å². The fraction of sp³-hybridized carbons (Fsp3) is 0.389. The van der Waals surface area contributed by atoms with Gasteiger partial charge in [-0.3, -0.25) is 19.6 Å². The Morgan fingerprint density at radius 2 is 0.698 bits per heavy atom. The van der Waals surface area contributed by atoms with Crippen molar-refractivity contribution in [3.05, 3.63) is 316 Å². The number of phenolic OH excluding ortho intramolecular Hbond substituents is 2. The van der Waals surface area contributed by atoms with E-state index in [1.165, 1.54) is 108 Å². The van der Waals surface area contributed by atoms with Crippen molar-refractivity contribution in [2.24, 2.45) is 22.7 Å². The third kappa shape index (κ3) is 16.2. The van der Waals surface area contributed by atoms with Crippen LogP contribution in [0.1, 0.15) is 262 Å². The number of aromatic hydroxyl groups is 2. The number of carboxylic acids is 2. The molecular formula is C108H112F8N4O6. The van der Waals surface area contributed by atoms with Gasteiger partial charge in [0.25, 0.3) is 0 Å². The average Bonchev–Trinajstić information content (AvgIpc) is 1.56. The van der Waals surface area contributed by atoms with Crippen molar-refractivity contribution in [2.75, 3.05) is 13.1 Å². The highest BCUT2D eigenvalue weighted by Gasteiger charge is 2.65. The van der Waals surface area contributed by atoms with E-state index in [0.717, 1.165) is 137 Å². The average molecular weight is 1720 g/mol. The van der Waals surface area contributed by atoms with Gasteiger partial charge in [0, 0.05) is 82.7 Å². The summed E-state index contributed by atoms with van der Waals surface area (Å²) in [6, 6.07) is 35.2. The summed E-state index contributed by atoms with van der Waals surface area (Å²) in [5.41, 5.74) is 18.9. The van der Waals surface area contributed by atoms with Crippen molar-refractivity contribution in [3.8, 4) is 11.5 Å². The van der Waals surface area contributed by atoms with E-state index in [1.807, 2.05) is 44.2 Å². The van der Waals surface area contributed by atoms with Crippen molar-refractivity contribution in [2.45, 2.75) is 232 Å². The standard InChI is InChI=1S/2C27H29F2NO3.2C27H27F2N/c2*1-15-9-20-19-13-18(31)7-6-17(19)12-21(20)26(30(15)14-27(2,3)4)25-22(28)10-16(11-23(25)29)5-8-24(32)33;2*1-3-6-17-10-23(28)25(24(29)11-17)26-22-12-19-7-4-5-8-20(19)21(22)9-16(2)30(26)27-13-18(14-27)15-27/h2*5-8,10-11,13,15,26,31H,9,12,14H2,1-4H3,(H,32,33);2*3-8,10-11,16,18,26H,9,12-15H2,1-2H3/b2*8-5+;2*6-3+/t2*15-,26+;2*16-,18?,26+,27?/m1011/s1/i;;26D;. The van der Waals surface area contributed by atoms with E-state index in [1.54, 1.807) is 42.5 Å². The molecule has 0 radical (unpaired) electrons. The van der Waals surface area contributed by atoms with Crippen LogP contribution < -0.4 is 0 Å². The summed E-state index contributed by atoms with van der Waals surface area (Å²) in [7, 11) is 0. The van der Waals surface area contributed by atoms with Gasteiger partial charge in [-0.15, -0.1) is 0 Å². The molecule has 6 saturated carbocycles. The molecular weight excluding hydrogens is 1600 g/mol. The lowest BCUT2D eigenvalue weighted by atomic mass is 9.48. The molecule has 6 fully saturated rings. The second kappa shape index (κ2) is 33.6. The predicted octanol–water partition coefficient (Wildman–Crippen LogP) is 25.3. The Labute approximate surface area is 735 Å². The Hall–Kier alpha value is -10.5. The number of benzene rings is 8. The third-order valence-electron chi connectivity index (χ3n) is 28.4. The molecule has 18 heteroatoms. The maximum Gasteiger partial charge on any atom is 0.328 e. The van der Waals surface area contributed by atoms with Crippen LogP contribution >= 0.6 is 0 Å². The molecule has 8 aromatic rings. The van der Waals surface area contributed by atoms with E-state index in [0.29, 0.717) is 43.5 Å². The zero-order valence-corrected chi connectivity index (χ0v) is 73.7. The van der Waals surface area contributed by atoms with Gasteiger partial charge in [0.15, 0.2) is 0 Å². The molecule has 8 aromatic carbocycles. The topological polar surface area (TPSA) is 128 Å². The van der Waals surface area contributed by atoms with Gasteiger partial charge in [0.1, 0.15) is 58.0 Å². The molecule has 10 nitrogen and oxygen atoms in total. The van der Waals surface area contributed by atoms with E-state index in [-0.39, 0.29) is 97.0 Å². The first-order chi connectivity index (χ1) is 60.3. The lowest BCUT2D eigenvalue weighted by Gasteiger charge is -2.70. The van der Waals surface area contributed by atoms with Crippen molar-refractivity contribution in [1.29, 1.82) is 0 Å². The maximum atomic E-state index is 15.6. The number of halogens is 8. The van der Waals surface area contributed by atoms with E-state index >= 15 is 35.1 Å². The van der Waals surface area contributed by atoms with Crippen LogP contribution in [0.15, 0.2) is 180 Å². The van der Waals surface area contributed by atoms with Crippen LogP contribution in [0, 0.1) is 69.2 Å². The number of hydrogen-bond acceptors (Lipinski definition) is 8. The first kappa shape index (κ1) is 86.3. The van der Waals surface area contributed by atoms with Crippen molar-refractivity contribution in [1.82, 2.24) is 19.6 Å². The van der Waals surface area contributed by atoms with Gasteiger partial charge in [0.05, 0.1) is 25.5 Å². The smallest absolute Gasteiger partial charge is 0.328 e. The lowest BCUT2D eigenvalue weighted by molar-refractivity contribution is -0.173. The highest BCUT2D eigenvalue weighted by Crippen LogP contribution is 2.68. The van der Waals surface area contributed by atoms with Crippen LogP contribution in [0.2, 0.25) is 0 Å². The fourth-order valence-electron chi connectivity index (χ4n) is 23.4. The summed E-state index contributed by atoms with van der Waals surface area (Å²) in [5, 5.41) is 37.8. The molecule has 22 rings (SSSR count). The number of allylic oxidation sites excluding steroid dienone is 2. The monoisotopic (exact) mass is 1710 g/mol. The minimum absolute atomic E-state index is 0.0113. The van der Waals surface area contributed by atoms with Gasteiger partial charge in [-0.1, -0.05) is 127 Å². The van der Waals surface area contributed by atoms with Crippen LogP contribution in [0.4, 0.5) is 35.1 Å². The maximum absolute atomic E-state index is 15.6. The van der Waals surface area contributed by atoms with Gasteiger partial charge in [-0.2, -0.15) is 0 Å². The number of aliphatic carboxylic acids is 2. The van der Waals surface area contributed by atoms with Crippen molar-refractivity contribution >= 4 is 58.5 Å². The van der Waals surface area contributed by atoms with Gasteiger partial charge in [-0.05, 0) is 350 Å². The summed E-state index contributed by atoms with van der Waals surface area (Å²) in [6.45, 7) is 26.2. The van der Waals surface area contributed by atoms with Crippen LogP contribution in [0.25, 0.3) is 46.6 Å². The van der Waals surface area contributed by atoms with Gasteiger partial charge in [0.2, 0.25) is 0 Å². The fourth-order valence-corrected chi connectivity index (χ4v) is 23.4. The van der Waals surface area contributed by atoms with Gasteiger partial charge in [-0.25, -0.2) is 44.7 Å². The predicted molar refractivity (Wildman–Crippen MR) is 483 cm³/mol. The largest absolute Gasteiger partial charge is 0.508 e. The van der Waals surface area contributed by atoms with E-state index in [2.05, 4.69) is 125 Å². The molecule has 656 valence electrons. The van der Waals surface area contributed by atoms with E-state index in [4.69, 9.17) is 10.2 Å². The summed E-state index contributed by atoms with van der Waals surface area (Å²) in [4.78, 5) is 30.7. The highest BCUT2D eigenvalue weighted by atomic mass is 19.2. The van der Waals surface area contributed by atoms with Gasteiger partial charge < -0.3 is 20.4 Å². The molecule has 14 aliphatic rings. The van der Waals surface area contributed by atoms with Crippen LogP contribution in [0.5, 0.6) is 11.5 Å². The molecule has 0 amide bonds. The molecule has 126 heavy (non-hydrogen) atoms. The molecule has 0 unspecified atom stereocenters. The molecule has 10 aliphatic carbocycles. The number of carboxylic acid groups (broad SMARTS) is 2. The highest BCUT2D eigenvalue weighted by molar-refractivity contribution is 5.87. The normalized spacial score (nSPS) is 26.9. The first-order valence-corrected chi connectivity index (χ1v) is 44.6. The lowest BCUT2D eigenvalue weighted by Crippen LogP contribution is -2.71. The Morgan fingerprint density at radius 3 is 1.06 bits per heavy atom. The second-order valence-electron chi connectivity index (χ2n) is 40.0. The molecule has 4 heterocycles. The van der Waals surface area contributed by atoms with E-state index < -0.39 is 76.6 Å². The number of hydrogen-bond donors (Lipinski definition) is 4. The number of fused-ring (bicyclic) bond motifs is 8. The number of nitrogens with zero attached hydrogens (tertiary/aromatic N) is 4. The number of phenols is 2. The Balaban J connectivity index is 0.000000119. The molecule has 4 bridgehead atoms. The van der Waals surface area contributed by atoms with Crippen LogP contribution in [-0.2, 0) is 35.3 Å². The van der Waals surface area contributed by atoms with Crippen LogP contribution in [-0.4, -0.2) is 100 Å². The summed E-state index contributed by atoms with van der Waals surface area (Å²) < 4.78 is 134. The summed E-state index contributed by atoms with van der Waals surface area (Å²) in [6.07, 6.45) is 23.7. The zero-order valence-electron chi connectivity index (χ0n) is 74.7. The third-order valence-corrected chi connectivity index (χ3v) is 28.4. The molecule has 4 N–H and O–H groups in total. The van der Waals surface area contributed by atoms with Crippen molar-refractivity contribution in [3.63, 3.8) is 0 Å². The quantitative estimate of drug-likeness (QED) is 0.0617. The molecule has 0 saturated heterocycles. The van der Waals surface area contributed by atoms with Crippen molar-refractivity contribution < 1.29 is 66.5 Å². The second-order valence-corrected chi connectivity index (χ2v) is 40.0. The molecule has 0 aromatic heterocycles.